The first kappa shape index (κ1) is 41.1. The monoisotopic (exact) mass is 878 g/mol. The minimum absolute atomic E-state index is 0. The summed E-state index contributed by atoms with van der Waals surface area (Å²) in [5.41, 5.74) is 8.69. The quantitative estimate of drug-likeness (QED) is 0.0891. The summed E-state index contributed by atoms with van der Waals surface area (Å²) >= 11 is 0. The molecular weight excluding hydrogens is 849 g/mol. The number of benzene rings is 6. The van der Waals surface area contributed by atoms with Gasteiger partial charge in [-0.15, -0.1) is 0 Å². The average Bonchev–Trinajstić information content (AvgIpc) is 3.28. The van der Waals surface area contributed by atoms with E-state index in [1.54, 1.807) is 12.4 Å². The second-order valence-electron chi connectivity index (χ2n) is 13.8. The maximum absolute atomic E-state index is 11.8. The maximum Gasteiger partial charge on any atom is 2.00 e. The summed E-state index contributed by atoms with van der Waals surface area (Å²) < 4.78 is 71.1. The third kappa shape index (κ3) is 8.14. The first-order valence-corrected chi connectivity index (χ1v) is 21.4. The van der Waals surface area contributed by atoms with Crippen LogP contribution in [-0.4, -0.2) is 45.9 Å². The second-order valence-corrected chi connectivity index (χ2v) is 16.5. The number of aromatic nitrogens is 4. The van der Waals surface area contributed by atoms with E-state index in [1.807, 2.05) is 158 Å². The molecule has 10 rings (SSSR count). The van der Waals surface area contributed by atoms with E-state index in [1.165, 1.54) is 12.1 Å². The molecule has 0 amide bonds. The van der Waals surface area contributed by atoms with E-state index in [9.17, 15) is 25.9 Å². The van der Waals surface area contributed by atoms with Crippen molar-refractivity contribution in [3.63, 3.8) is 0 Å². The van der Waals surface area contributed by atoms with Gasteiger partial charge in [-0.25, -0.2) is 26.8 Å². The summed E-state index contributed by atoms with van der Waals surface area (Å²) in [6.07, 6.45) is 3.35. The molecule has 13 heteroatoms. The van der Waals surface area contributed by atoms with Crippen LogP contribution in [0.4, 0.5) is 0 Å². The first-order valence-electron chi connectivity index (χ1n) is 18.6. The van der Waals surface area contributed by atoms with Crippen molar-refractivity contribution in [1.29, 1.82) is 0 Å². The topological polar surface area (TPSA) is 166 Å². The molecule has 298 valence electrons. The molecule has 0 aliphatic carbocycles. The van der Waals surface area contributed by atoms with Crippen molar-refractivity contribution < 1.29 is 43.0 Å². The van der Waals surface area contributed by atoms with Crippen LogP contribution in [0.3, 0.4) is 0 Å². The Kier molecular flexibility index (Phi) is 11.3. The van der Waals surface area contributed by atoms with Crippen LogP contribution < -0.4 is 0 Å². The van der Waals surface area contributed by atoms with Gasteiger partial charge in [0.25, 0.3) is 0 Å². The first-order chi connectivity index (χ1) is 29.0. The molecule has 0 fully saturated rings. The van der Waals surface area contributed by atoms with E-state index in [-0.39, 0.29) is 17.1 Å². The van der Waals surface area contributed by atoms with Crippen molar-refractivity contribution in [2.75, 3.05) is 0 Å². The predicted octanol–water partition coefficient (Wildman–Crippen LogP) is 10.0. The van der Waals surface area contributed by atoms with E-state index < -0.39 is 30.3 Å². The SMILES string of the molecule is O=S(=O)([O-])c1cc(-c2ccccc2)c2ccc3c(-c4ccccc4)ccnc3c2n1.O=S(=O)([O-])c1cc(-c2ccccc2)c2ccc3c(-c4ccccc4)ccnc3c2n1.[Fe+2]. The average molecular weight is 879 g/mol. The molecule has 0 N–H and O–H groups in total. The number of fused-ring (bicyclic) bond motifs is 6. The van der Waals surface area contributed by atoms with Crippen molar-refractivity contribution in [3.8, 4) is 44.5 Å². The zero-order chi connectivity index (χ0) is 41.4. The van der Waals surface area contributed by atoms with Gasteiger partial charge in [0.05, 0.1) is 22.1 Å². The van der Waals surface area contributed by atoms with Crippen molar-refractivity contribution in [2.24, 2.45) is 0 Å². The van der Waals surface area contributed by atoms with Gasteiger partial charge in [0.15, 0.2) is 0 Å². The summed E-state index contributed by atoms with van der Waals surface area (Å²) in [6, 6.07) is 52.6. The largest absolute Gasteiger partial charge is 2.00 e. The third-order valence-corrected chi connectivity index (χ3v) is 11.6. The molecule has 4 aromatic heterocycles. The normalized spacial score (nSPS) is 11.6. The fourth-order valence-electron chi connectivity index (χ4n) is 7.46. The van der Waals surface area contributed by atoms with Gasteiger partial charge in [0.1, 0.15) is 30.3 Å². The van der Waals surface area contributed by atoms with E-state index in [4.69, 9.17) is 0 Å². The smallest absolute Gasteiger partial charge is 0.743 e. The van der Waals surface area contributed by atoms with Gasteiger partial charge in [0.2, 0.25) is 0 Å². The molecule has 10 aromatic rings. The molecule has 6 aromatic carbocycles. The number of hydrogen-bond donors (Lipinski definition) is 0. The summed E-state index contributed by atoms with van der Waals surface area (Å²) in [7, 11) is -9.49. The van der Waals surface area contributed by atoms with Gasteiger partial charge < -0.3 is 9.11 Å². The number of hydrogen-bond acceptors (Lipinski definition) is 10. The minimum Gasteiger partial charge on any atom is -0.743 e. The van der Waals surface area contributed by atoms with Crippen LogP contribution in [0.5, 0.6) is 0 Å². The Morgan fingerprint density at radius 1 is 0.344 bits per heavy atom. The number of nitrogens with zero attached hydrogens (tertiary/aromatic N) is 4. The van der Waals surface area contributed by atoms with Crippen LogP contribution in [0.1, 0.15) is 0 Å². The Bertz CT molecular complexity index is 3240. The minimum atomic E-state index is -4.74. The molecule has 0 saturated heterocycles. The molecule has 0 unspecified atom stereocenters. The Morgan fingerprint density at radius 3 is 0.918 bits per heavy atom. The molecule has 0 spiro atoms. The molecule has 0 aliphatic heterocycles. The fourth-order valence-corrected chi connectivity index (χ4v) is 8.39. The van der Waals surface area contributed by atoms with E-state index in [0.29, 0.717) is 33.2 Å². The molecule has 0 aliphatic rings. The van der Waals surface area contributed by atoms with Crippen LogP contribution in [0.25, 0.3) is 88.1 Å². The molecule has 0 bridgehead atoms. The van der Waals surface area contributed by atoms with Gasteiger partial charge in [-0.2, -0.15) is 0 Å². The summed E-state index contributed by atoms with van der Waals surface area (Å²) in [4.78, 5) is 17.5. The van der Waals surface area contributed by atoms with Crippen molar-refractivity contribution in [2.45, 2.75) is 10.1 Å². The molecule has 0 saturated carbocycles. The summed E-state index contributed by atoms with van der Waals surface area (Å²) in [5, 5.41) is 2.13. The van der Waals surface area contributed by atoms with Crippen LogP contribution >= 0.6 is 0 Å². The third-order valence-electron chi connectivity index (χ3n) is 10.2. The Balaban J connectivity index is 0.000000166. The molecule has 61 heavy (non-hydrogen) atoms. The van der Waals surface area contributed by atoms with E-state index in [0.717, 1.165) is 54.9 Å². The Labute approximate surface area is 361 Å². The number of pyridine rings is 4. The molecular formula is C48H30FeN4O6S2. The summed E-state index contributed by atoms with van der Waals surface area (Å²) in [6.45, 7) is 0. The van der Waals surface area contributed by atoms with Crippen LogP contribution in [0.2, 0.25) is 0 Å². The van der Waals surface area contributed by atoms with E-state index >= 15 is 0 Å². The van der Waals surface area contributed by atoms with Crippen molar-refractivity contribution in [3.05, 3.63) is 182 Å². The van der Waals surface area contributed by atoms with Crippen LogP contribution in [-0.2, 0) is 37.3 Å². The van der Waals surface area contributed by atoms with Gasteiger partial charge in [-0.3, -0.25) is 9.97 Å². The van der Waals surface area contributed by atoms with E-state index in [2.05, 4.69) is 19.9 Å². The number of rotatable bonds is 6. The summed E-state index contributed by atoms with van der Waals surface area (Å²) in [5.74, 6) is 0. The Hall–Kier alpha value is -6.70. The standard InChI is InChI=1S/2C24H16N2O3S.Fe/c2*27-30(28,29)22-15-21(17-9-5-2-6-10-17)20-12-11-19-18(16-7-3-1-4-8-16)13-14-25-23(19)24(20)26-22;/h2*1-15H,(H,27,28,29);/q;;+2/p-2. The zero-order valence-electron chi connectivity index (χ0n) is 31.7. The fraction of sp³-hybridized carbons (Fsp3) is 0. The second kappa shape index (κ2) is 16.7. The van der Waals surface area contributed by atoms with Crippen molar-refractivity contribution >= 4 is 63.8 Å². The van der Waals surface area contributed by atoms with Gasteiger partial charge in [-0.05, 0) is 68.8 Å². The van der Waals surface area contributed by atoms with Gasteiger partial charge >= 0.3 is 17.1 Å². The molecule has 0 atom stereocenters. The van der Waals surface area contributed by atoms with Crippen LogP contribution in [0.15, 0.2) is 192 Å². The molecule has 0 radical (unpaired) electrons. The molecule has 10 nitrogen and oxygen atoms in total. The van der Waals surface area contributed by atoms with Crippen molar-refractivity contribution in [1.82, 2.24) is 19.9 Å². The van der Waals surface area contributed by atoms with Gasteiger partial charge in [-0.1, -0.05) is 146 Å². The van der Waals surface area contributed by atoms with Crippen LogP contribution in [0, 0.1) is 0 Å². The zero-order valence-corrected chi connectivity index (χ0v) is 34.5. The Morgan fingerprint density at radius 2 is 0.623 bits per heavy atom. The predicted molar refractivity (Wildman–Crippen MR) is 232 cm³/mol. The molecule has 4 heterocycles. The van der Waals surface area contributed by atoms with Gasteiger partial charge in [0, 0.05) is 33.9 Å². The maximum atomic E-state index is 11.8.